The molecule has 2 aliphatic rings. The normalized spacial score (nSPS) is 18.6. The highest BCUT2D eigenvalue weighted by atomic mass is 16.6. The van der Waals surface area contributed by atoms with E-state index in [-0.39, 0.29) is 11.4 Å². The van der Waals surface area contributed by atoms with E-state index in [0.717, 1.165) is 11.1 Å². The minimum absolute atomic E-state index is 0.0347. The first-order chi connectivity index (χ1) is 15.3. The summed E-state index contributed by atoms with van der Waals surface area (Å²) in [6.45, 7) is 9.49. The first-order valence-corrected chi connectivity index (χ1v) is 11.0. The van der Waals surface area contributed by atoms with E-state index in [1.807, 2.05) is 6.07 Å². The van der Waals surface area contributed by atoms with Crippen molar-refractivity contribution in [2.75, 3.05) is 18.5 Å². The van der Waals surface area contributed by atoms with Gasteiger partial charge in [-0.25, -0.2) is 9.78 Å². The zero-order valence-electron chi connectivity index (χ0n) is 18.8. The van der Waals surface area contributed by atoms with E-state index in [2.05, 4.69) is 66.0 Å². The van der Waals surface area contributed by atoms with Crippen molar-refractivity contribution < 1.29 is 13.9 Å². The lowest BCUT2D eigenvalue weighted by atomic mass is 9.83. The molecule has 3 heterocycles. The van der Waals surface area contributed by atoms with Gasteiger partial charge in [-0.05, 0) is 59.9 Å². The number of nitrogens with zero attached hydrogens (tertiary/aromatic N) is 3. The molecule has 9 heteroatoms. The van der Waals surface area contributed by atoms with Crippen LogP contribution in [0.5, 0.6) is 0 Å². The smallest absolute Gasteiger partial charge is 0.408 e. The highest BCUT2D eigenvalue weighted by molar-refractivity contribution is 5.88. The van der Waals surface area contributed by atoms with Gasteiger partial charge in [-0.2, -0.15) is 0 Å². The fraction of sp³-hybridized carbons (Fsp3) is 0.478. The molecule has 1 amide bonds. The molecule has 1 aliphatic heterocycles. The third-order valence-corrected chi connectivity index (χ3v) is 5.89. The maximum Gasteiger partial charge on any atom is 0.408 e. The molecule has 32 heavy (non-hydrogen) atoms. The monoisotopic (exact) mass is 436 g/mol. The molecule has 1 saturated heterocycles. The van der Waals surface area contributed by atoms with E-state index in [1.165, 1.54) is 29.4 Å². The Kier molecular flexibility index (Phi) is 5.00. The van der Waals surface area contributed by atoms with Gasteiger partial charge < -0.3 is 19.8 Å². The van der Waals surface area contributed by atoms with Crippen LogP contribution in [0.1, 0.15) is 56.2 Å². The van der Waals surface area contributed by atoms with Crippen molar-refractivity contribution in [1.82, 2.24) is 25.8 Å². The van der Waals surface area contributed by atoms with Gasteiger partial charge in [0.05, 0.1) is 18.7 Å². The van der Waals surface area contributed by atoms with Gasteiger partial charge in [0.15, 0.2) is 6.23 Å². The molecule has 1 atom stereocenters. The Morgan fingerprint density at radius 1 is 1.19 bits per heavy atom. The zero-order valence-corrected chi connectivity index (χ0v) is 18.8. The van der Waals surface area contributed by atoms with E-state index in [4.69, 9.17) is 14.1 Å². The molecular formula is C23H28N6O3. The third kappa shape index (κ3) is 4.12. The number of nitrogens with one attached hydrogen (secondary N) is 3. The minimum Gasteiger partial charge on any atom is -0.428 e. The number of anilines is 1. The lowest BCUT2D eigenvalue weighted by Gasteiger charge is -2.23. The van der Waals surface area contributed by atoms with Gasteiger partial charge in [-0.15, -0.1) is 5.10 Å². The first kappa shape index (κ1) is 20.7. The predicted molar refractivity (Wildman–Crippen MR) is 120 cm³/mol. The summed E-state index contributed by atoms with van der Waals surface area (Å²) < 4.78 is 10.8. The van der Waals surface area contributed by atoms with E-state index in [9.17, 15) is 4.79 Å². The van der Waals surface area contributed by atoms with Crippen LogP contribution in [0.4, 0.5) is 10.8 Å². The van der Waals surface area contributed by atoms with Gasteiger partial charge in [0, 0.05) is 5.39 Å². The van der Waals surface area contributed by atoms with Crippen LogP contribution >= 0.6 is 0 Å². The molecule has 2 fully saturated rings. The van der Waals surface area contributed by atoms with E-state index < -0.39 is 12.3 Å². The van der Waals surface area contributed by atoms with Crippen LogP contribution in [-0.4, -0.2) is 40.7 Å². The summed E-state index contributed by atoms with van der Waals surface area (Å²) in [5.74, 6) is 1.04. The number of cyclic esters (lactones) is 1. The number of fused-ring (bicyclic) bond motifs is 1. The number of carbonyl (C=O) groups excluding carboxylic acids is 1. The number of ether oxygens (including phenoxy) is 1. The van der Waals surface area contributed by atoms with Crippen molar-refractivity contribution in [2.24, 2.45) is 0 Å². The summed E-state index contributed by atoms with van der Waals surface area (Å²) in [5.41, 5.74) is 5.41. The van der Waals surface area contributed by atoms with Crippen molar-refractivity contribution in [3.63, 3.8) is 0 Å². The summed E-state index contributed by atoms with van der Waals surface area (Å²) in [7, 11) is 0. The predicted octanol–water partition coefficient (Wildman–Crippen LogP) is 3.79. The van der Waals surface area contributed by atoms with Crippen molar-refractivity contribution in [3.05, 3.63) is 34.9 Å². The molecule has 3 aromatic rings. The Morgan fingerprint density at radius 2 is 2.00 bits per heavy atom. The van der Waals surface area contributed by atoms with E-state index in [1.54, 1.807) is 0 Å². The molecule has 1 aromatic carbocycles. The van der Waals surface area contributed by atoms with Crippen molar-refractivity contribution in [2.45, 2.75) is 58.1 Å². The Morgan fingerprint density at radius 3 is 2.69 bits per heavy atom. The van der Waals surface area contributed by atoms with Crippen LogP contribution in [0.15, 0.2) is 22.6 Å². The largest absolute Gasteiger partial charge is 0.428 e. The van der Waals surface area contributed by atoms with Crippen LogP contribution in [0.25, 0.3) is 22.5 Å². The molecule has 2 aromatic heterocycles. The molecule has 0 spiro atoms. The summed E-state index contributed by atoms with van der Waals surface area (Å²) in [4.78, 5) is 16.0. The molecule has 5 rings (SSSR count). The van der Waals surface area contributed by atoms with E-state index in [0.29, 0.717) is 30.7 Å². The Balaban J connectivity index is 1.41. The van der Waals surface area contributed by atoms with Crippen LogP contribution in [0, 0.1) is 6.92 Å². The second kappa shape index (κ2) is 7.74. The van der Waals surface area contributed by atoms with Crippen molar-refractivity contribution in [3.8, 4) is 11.6 Å². The third-order valence-electron chi connectivity index (χ3n) is 5.89. The summed E-state index contributed by atoms with van der Waals surface area (Å²) >= 11 is 0. The van der Waals surface area contributed by atoms with Gasteiger partial charge in [-0.1, -0.05) is 31.9 Å². The number of alkyl carbamates (subject to hydrolysis) is 1. The van der Waals surface area contributed by atoms with Gasteiger partial charge >= 0.3 is 12.1 Å². The van der Waals surface area contributed by atoms with Gasteiger partial charge in [-0.3, -0.25) is 5.32 Å². The fourth-order valence-corrected chi connectivity index (χ4v) is 3.99. The fourth-order valence-electron chi connectivity index (χ4n) is 3.99. The molecule has 1 unspecified atom stereocenters. The first-order valence-electron chi connectivity index (χ1n) is 11.0. The number of rotatable bonds is 6. The quantitative estimate of drug-likeness (QED) is 0.500. The lowest BCUT2D eigenvalue weighted by molar-refractivity contribution is 0.124. The number of aryl methyl sites for hydroxylation is 1. The number of hydrogen-bond acceptors (Lipinski definition) is 8. The van der Waals surface area contributed by atoms with Crippen LogP contribution in [-0.2, 0) is 10.2 Å². The number of benzene rings is 1. The summed E-state index contributed by atoms with van der Waals surface area (Å²) in [5, 5.41) is 18.0. The van der Waals surface area contributed by atoms with Gasteiger partial charge in [0.1, 0.15) is 5.69 Å². The highest BCUT2D eigenvalue weighted by Gasteiger charge is 2.28. The van der Waals surface area contributed by atoms with Crippen molar-refractivity contribution >= 4 is 23.0 Å². The topological polar surface area (TPSA) is 114 Å². The van der Waals surface area contributed by atoms with E-state index >= 15 is 0 Å². The number of pyridine rings is 1. The average Bonchev–Trinajstić information content (AvgIpc) is 3.34. The number of hydrogen-bond donors (Lipinski definition) is 3. The number of amides is 1. The molecule has 168 valence electrons. The number of aromatic nitrogens is 3. The minimum atomic E-state index is -0.431. The SMILES string of the molecule is Cc1cc(-c2nnc(NCNC3CNC(=O)O3)o2)nc2c(C(C)(C)C)cc(C3CC3)cc12. The van der Waals surface area contributed by atoms with Crippen LogP contribution in [0.3, 0.4) is 0 Å². The molecule has 9 nitrogen and oxygen atoms in total. The maximum atomic E-state index is 11.1. The second-order valence-corrected chi connectivity index (χ2v) is 9.56. The molecule has 1 saturated carbocycles. The molecule has 0 radical (unpaired) electrons. The zero-order chi connectivity index (χ0) is 22.5. The van der Waals surface area contributed by atoms with Crippen LogP contribution in [0.2, 0.25) is 0 Å². The Hall–Kier alpha value is -3.20. The van der Waals surface area contributed by atoms with Crippen LogP contribution < -0.4 is 16.0 Å². The molecule has 0 bridgehead atoms. The summed E-state index contributed by atoms with van der Waals surface area (Å²) in [6, 6.07) is 6.90. The van der Waals surface area contributed by atoms with Gasteiger partial charge in [0.25, 0.3) is 5.89 Å². The van der Waals surface area contributed by atoms with Crippen molar-refractivity contribution in [1.29, 1.82) is 0 Å². The Labute approximate surface area is 186 Å². The second-order valence-electron chi connectivity index (χ2n) is 9.56. The lowest BCUT2D eigenvalue weighted by Crippen LogP contribution is -2.35. The number of carbonyl (C=O) groups is 1. The Bertz CT molecular complexity index is 1180. The molecular weight excluding hydrogens is 408 g/mol. The highest BCUT2D eigenvalue weighted by Crippen LogP contribution is 2.44. The van der Waals surface area contributed by atoms with Gasteiger partial charge in [0.2, 0.25) is 0 Å². The maximum absolute atomic E-state index is 11.1. The summed E-state index contributed by atoms with van der Waals surface area (Å²) in [6.07, 6.45) is 1.72. The standard InChI is InChI=1S/C23H28N6O3/c1-12-7-17(20-28-29-21(32-20)26-11-25-18-10-24-22(30)31-18)27-19-15(12)8-14(13-5-6-13)9-16(19)23(2,3)4/h7-9,13,18,25H,5-6,10-11H2,1-4H3,(H,24,30)(H,26,29). The molecule has 1 aliphatic carbocycles. The average molecular weight is 437 g/mol. The molecule has 3 N–H and O–H groups in total.